The summed E-state index contributed by atoms with van der Waals surface area (Å²) in [5, 5.41) is 10.1. The van der Waals surface area contributed by atoms with Crippen LogP contribution in [0.5, 0.6) is 5.75 Å². The Kier molecular flexibility index (Phi) is 2.76. The molecule has 0 spiro atoms. The number of halogens is 1. The van der Waals surface area contributed by atoms with Crippen molar-refractivity contribution in [1.82, 2.24) is 0 Å². The first kappa shape index (κ1) is 10.8. The van der Waals surface area contributed by atoms with E-state index in [1.807, 2.05) is 0 Å². The van der Waals surface area contributed by atoms with Crippen molar-refractivity contribution < 1.29 is 9.90 Å². The molecule has 1 N–H and O–H groups in total. The van der Waals surface area contributed by atoms with Crippen molar-refractivity contribution in [3.05, 3.63) is 23.2 Å². The highest BCUT2D eigenvalue weighted by Crippen LogP contribution is 2.37. The fourth-order valence-corrected chi connectivity index (χ4v) is 2.08. The second-order valence-corrected chi connectivity index (χ2v) is 4.09. The third kappa shape index (κ3) is 1.72. The lowest BCUT2D eigenvalue weighted by Crippen LogP contribution is -2.24. The van der Waals surface area contributed by atoms with Crippen LogP contribution < -0.4 is 4.90 Å². The number of aromatic hydroxyl groups is 1. The Hall–Kier alpha value is -1.66. The smallest absolute Gasteiger partial charge is 0.228 e. The maximum Gasteiger partial charge on any atom is 0.228 e. The Morgan fingerprint density at radius 3 is 2.88 bits per heavy atom. The van der Waals surface area contributed by atoms with Crippen LogP contribution in [-0.4, -0.2) is 17.6 Å². The summed E-state index contributed by atoms with van der Waals surface area (Å²) in [6.07, 6.45) is 5.59. The van der Waals surface area contributed by atoms with Crippen molar-refractivity contribution in [3.8, 4) is 18.1 Å². The molecule has 1 heterocycles. The molecule has 1 aliphatic heterocycles. The number of carbonyl (C=O) groups is 1. The topological polar surface area (TPSA) is 40.5 Å². The molecule has 82 valence electrons. The Bertz CT molecular complexity index is 458. The highest BCUT2D eigenvalue weighted by molar-refractivity contribution is 6.34. The third-order valence-electron chi connectivity index (χ3n) is 2.60. The number of para-hydroxylation sites is 1. The van der Waals surface area contributed by atoms with Gasteiger partial charge in [-0.3, -0.25) is 4.79 Å². The molecule has 0 bridgehead atoms. The SMILES string of the molecule is C#CC1CC(=O)N(c2c(O)cccc2Cl)C1. The zero-order chi connectivity index (χ0) is 11.7. The van der Waals surface area contributed by atoms with Crippen LogP contribution in [0.3, 0.4) is 0 Å². The largest absolute Gasteiger partial charge is 0.506 e. The molecule has 0 aromatic heterocycles. The Morgan fingerprint density at radius 1 is 1.56 bits per heavy atom. The fraction of sp³-hybridized carbons (Fsp3) is 0.250. The monoisotopic (exact) mass is 235 g/mol. The van der Waals surface area contributed by atoms with Gasteiger partial charge in [-0.1, -0.05) is 17.7 Å². The Balaban J connectivity index is 2.39. The molecule has 3 nitrogen and oxygen atoms in total. The summed E-state index contributed by atoms with van der Waals surface area (Å²) in [6.45, 7) is 0.409. The summed E-state index contributed by atoms with van der Waals surface area (Å²) in [6, 6.07) is 4.76. The van der Waals surface area contributed by atoms with Crippen molar-refractivity contribution in [2.45, 2.75) is 6.42 Å². The van der Waals surface area contributed by atoms with Gasteiger partial charge in [-0.25, -0.2) is 0 Å². The van der Waals surface area contributed by atoms with Crippen molar-refractivity contribution in [3.63, 3.8) is 0 Å². The highest BCUT2D eigenvalue weighted by atomic mass is 35.5. The van der Waals surface area contributed by atoms with E-state index in [0.717, 1.165) is 0 Å². The normalized spacial score (nSPS) is 19.9. The molecule has 0 saturated carbocycles. The number of nitrogens with zero attached hydrogens (tertiary/aromatic N) is 1. The van der Waals surface area contributed by atoms with Crippen LogP contribution in [0.2, 0.25) is 5.02 Å². The summed E-state index contributed by atoms with van der Waals surface area (Å²) >= 11 is 5.96. The predicted molar refractivity (Wildman–Crippen MR) is 62.4 cm³/mol. The lowest BCUT2D eigenvalue weighted by atomic mass is 10.1. The lowest BCUT2D eigenvalue weighted by Gasteiger charge is -2.18. The molecule has 1 saturated heterocycles. The van der Waals surface area contributed by atoms with E-state index in [9.17, 15) is 9.90 Å². The molecular formula is C12H10ClNO2. The summed E-state index contributed by atoms with van der Waals surface area (Å²) in [4.78, 5) is 13.2. The second-order valence-electron chi connectivity index (χ2n) is 3.68. The number of phenols is 1. The van der Waals surface area contributed by atoms with Gasteiger partial charge in [-0.2, -0.15) is 0 Å². The van der Waals surface area contributed by atoms with Gasteiger partial charge in [0.15, 0.2) is 0 Å². The summed E-state index contributed by atoms with van der Waals surface area (Å²) < 4.78 is 0. The van der Waals surface area contributed by atoms with Gasteiger partial charge in [0.25, 0.3) is 0 Å². The number of rotatable bonds is 1. The first-order valence-corrected chi connectivity index (χ1v) is 5.25. The van der Waals surface area contributed by atoms with Gasteiger partial charge >= 0.3 is 0 Å². The molecule has 1 amide bonds. The molecule has 0 aliphatic carbocycles. The molecule has 1 aromatic rings. The van der Waals surface area contributed by atoms with Crippen LogP contribution in [0.25, 0.3) is 0 Å². The Morgan fingerprint density at radius 2 is 2.31 bits per heavy atom. The quantitative estimate of drug-likeness (QED) is 0.757. The van der Waals surface area contributed by atoms with Gasteiger partial charge in [-0.05, 0) is 12.1 Å². The van der Waals surface area contributed by atoms with Gasteiger partial charge < -0.3 is 10.0 Å². The lowest BCUT2D eigenvalue weighted by molar-refractivity contribution is -0.117. The predicted octanol–water partition coefficient (Wildman–Crippen LogP) is 2.03. The average Bonchev–Trinajstić information content (AvgIpc) is 2.60. The van der Waals surface area contributed by atoms with Crippen LogP contribution in [0, 0.1) is 18.3 Å². The number of hydrogen-bond donors (Lipinski definition) is 1. The number of hydrogen-bond acceptors (Lipinski definition) is 2. The Labute approximate surface area is 98.6 Å². The minimum absolute atomic E-state index is 0.00137. The van der Waals surface area contributed by atoms with E-state index in [4.69, 9.17) is 18.0 Å². The summed E-state index contributed by atoms with van der Waals surface area (Å²) in [5.74, 6) is 2.33. The van der Waals surface area contributed by atoms with Crippen molar-refractivity contribution >= 4 is 23.2 Å². The highest BCUT2D eigenvalue weighted by Gasteiger charge is 2.31. The van der Waals surface area contributed by atoms with Gasteiger partial charge in [-0.15, -0.1) is 12.3 Å². The van der Waals surface area contributed by atoms with Gasteiger partial charge in [0, 0.05) is 18.9 Å². The molecule has 1 aromatic carbocycles. The van der Waals surface area contributed by atoms with Crippen LogP contribution in [0.15, 0.2) is 18.2 Å². The van der Waals surface area contributed by atoms with Crippen LogP contribution in [-0.2, 0) is 4.79 Å². The second kappa shape index (κ2) is 4.07. The van der Waals surface area contributed by atoms with Gasteiger partial charge in [0.1, 0.15) is 11.4 Å². The zero-order valence-electron chi connectivity index (χ0n) is 8.48. The molecular weight excluding hydrogens is 226 g/mol. The molecule has 1 atom stereocenters. The van der Waals surface area contributed by atoms with Crippen LogP contribution >= 0.6 is 11.6 Å². The molecule has 1 aliphatic rings. The van der Waals surface area contributed by atoms with E-state index < -0.39 is 0 Å². The molecule has 2 rings (SSSR count). The molecule has 1 fully saturated rings. The summed E-state index contributed by atoms with van der Waals surface area (Å²) in [7, 11) is 0. The number of terminal acetylenes is 1. The van der Waals surface area contributed by atoms with E-state index in [-0.39, 0.29) is 17.6 Å². The minimum Gasteiger partial charge on any atom is -0.506 e. The van der Waals surface area contributed by atoms with Crippen molar-refractivity contribution in [2.75, 3.05) is 11.4 Å². The molecule has 1 unspecified atom stereocenters. The first-order chi connectivity index (χ1) is 7.63. The fourth-order valence-electron chi connectivity index (χ4n) is 1.81. The van der Waals surface area contributed by atoms with Crippen molar-refractivity contribution in [1.29, 1.82) is 0 Å². The summed E-state index contributed by atoms with van der Waals surface area (Å²) in [5.41, 5.74) is 0.354. The van der Waals surface area contributed by atoms with Crippen LogP contribution in [0.1, 0.15) is 6.42 Å². The van der Waals surface area contributed by atoms with E-state index in [1.165, 1.54) is 11.0 Å². The van der Waals surface area contributed by atoms with Gasteiger partial charge in [0.2, 0.25) is 5.91 Å². The van der Waals surface area contributed by atoms with E-state index >= 15 is 0 Å². The maximum absolute atomic E-state index is 11.7. The molecule has 4 heteroatoms. The molecule has 0 radical (unpaired) electrons. The standard InChI is InChI=1S/C12H10ClNO2/c1-2-8-6-11(16)14(7-8)12-9(13)4-3-5-10(12)15/h1,3-5,8,15H,6-7H2. The number of amides is 1. The third-order valence-corrected chi connectivity index (χ3v) is 2.90. The number of phenolic OH excluding ortho intramolecular Hbond substituents is 1. The minimum atomic E-state index is -0.108. The average molecular weight is 236 g/mol. The van der Waals surface area contributed by atoms with Gasteiger partial charge in [0.05, 0.1) is 5.02 Å². The zero-order valence-corrected chi connectivity index (χ0v) is 9.24. The maximum atomic E-state index is 11.7. The number of anilines is 1. The number of carbonyl (C=O) groups excluding carboxylic acids is 1. The van der Waals surface area contributed by atoms with E-state index in [0.29, 0.717) is 23.7 Å². The van der Waals surface area contributed by atoms with E-state index in [2.05, 4.69) is 5.92 Å². The molecule has 16 heavy (non-hydrogen) atoms. The first-order valence-electron chi connectivity index (χ1n) is 4.87. The van der Waals surface area contributed by atoms with Crippen molar-refractivity contribution in [2.24, 2.45) is 5.92 Å². The number of benzene rings is 1. The van der Waals surface area contributed by atoms with Crippen LogP contribution in [0.4, 0.5) is 5.69 Å². The van der Waals surface area contributed by atoms with E-state index in [1.54, 1.807) is 12.1 Å².